The van der Waals surface area contributed by atoms with Crippen LogP contribution >= 0.6 is 0 Å². The van der Waals surface area contributed by atoms with Gasteiger partial charge in [-0.2, -0.15) is 0 Å². The molecule has 0 fully saturated rings. The zero-order valence-corrected chi connectivity index (χ0v) is 13.7. The minimum Gasteiger partial charge on any atom is -0.325 e. The van der Waals surface area contributed by atoms with Crippen molar-refractivity contribution in [3.05, 3.63) is 78.0 Å². The first-order valence-electron chi connectivity index (χ1n) is 8.37. The molecule has 2 aromatic carbocycles. The number of aromatic nitrogens is 2. The maximum atomic E-state index is 12.3. The number of hydrogen-bond donors (Lipinski definition) is 1. The van der Waals surface area contributed by atoms with Gasteiger partial charge in [-0.05, 0) is 48.7 Å². The van der Waals surface area contributed by atoms with Gasteiger partial charge in [-0.3, -0.25) is 4.79 Å². The first kappa shape index (κ1) is 15.3. The van der Waals surface area contributed by atoms with E-state index < -0.39 is 0 Å². The average Bonchev–Trinajstić information content (AvgIpc) is 2.68. The standard InChI is InChI=1S/C20H18N4O/c25-20(21-16-9-2-1-3-10-16)17-12-13-19(23-22-17)24-14-6-8-15-7-4-5-11-18(15)24/h1-5,7,9-13H,6,8,14H2,(H,21,25). The number of benzene rings is 2. The van der Waals surface area contributed by atoms with Crippen LogP contribution in [0.2, 0.25) is 0 Å². The summed E-state index contributed by atoms with van der Waals surface area (Å²) in [6, 6.07) is 21.2. The highest BCUT2D eigenvalue weighted by molar-refractivity contribution is 6.02. The molecule has 0 atom stereocenters. The van der Waals surface area contributed by atoms with Gasteiger partial charge in [-0.25, -0.2) is 0 Å². The Balaban J connectivity index is 1.54. The Kier molecular flexibility index (Phi) is 4.12. The summed E-state index contributed by atoms with van der Waals surface area (Å²) in [5.74, 6) is 0.507. The van der Waals surface area contributed by atoms with Crippen molar-refractivity contribution in [3.8, 4) is 0 Å². The molecule has 0 saturated heterocycles. The quantitative estimate of drug-likeness (QED) is 0.793. The number of nitrogens with zero attached hydrogens (tertiary/aromatic N) is 3. The molecule has 0 spiro atoms. The van der Waals surface area contributed by atoms with E-state index in [9.17, 15) is 4.79 Å². The van der Waals surface area contributed by atoms with Crippen LogP contribution in [0.15, 0.2) is 66.7 Å². The van der Waals surface area contributed by atoms with E-state index in [4.69, 9.17) is 0 Å². The lowest BCUT2D eigenvalue weighted by Gasteiger charge is -2.29. The van der Waals surface area contributed by atoms with Crippen molar-refractivity contribution in [1.82, 2.24) is 10.2 Å². The van der Waals surface area contributed by atoms with Crippen LogP contribution < -0.4 is 10.2 Å². The third kappa shape index (κ3) is 3.21. The second-order valence-electron chi connectivity index (χ2n) is 5.98. The van der Waals surface area contributed by atoms with Gasteiger partial charge in [-0.15, -0.1) is 10.2 Å². The Morgan fingerprint density at radius 3 is 2.52 bits per heavy atom. The zero-order valence-electron chi connectivity index (χ0n) is 13.7. The average molecular weight is 330 g/mol. The van der Waals surface area contributed by atoms with E-state index in [0.717, 1.165) is 30.9 Å². The second-order valence-corrected chi connectivity index (χ2v) is 5.98. The highest BCUT2D eigenvalue weighted by Gasteiger charge is 2.19. The fraction of sp³-hybridized carbons (Fsp3) is 0.150. The van der Waals surface area contributed by atoms with Gasteiger partial charge in [0.2, 0.25) is 0 Å². The monoisotopic (exact) mass is 330 g/mol. The molecule has 25 heavy (non-hydrogen) atoms. The second kappa shape index (κ2) is 6.73. The molecule has 0 bridgehead atoms. The number of anilines is 3. The summed E-state index contributed by atoms with van der Waals surface area (Å²) in [7, 11) is 0. The number of fused-ring (bicyclic) bond motifs is 1. The molecule has 0 aliphatic carbocycles. The first-order valence-corrected chi connectivity index (χ1v) is 8.37. The van der Waals surface area contributed by atoms with E-state index >= 15 is 0 Å². The Hall–Kier alpha value is -3.21. The molecule has 1 aliphatic heterocycles. The topological polar surface area (TPSA) is 58.1 Å². The van der Waals surface area contributed by atoms with Crippen LogP contribution in [-0.2, 0) is 6.42 Å². The van der Waals surface area contributed by atoms with E-state index in [1.807, 2.05) is 42.5 Å². The van der Waals surface area contributed by atoms with Gasteiger partial charge in [0.05, 0.1) is 0 Å². The number of carbonyl (C=O) groups is 1. The number of carbonyl (C=O) groups excluding carboxylic acids is 1. The molecule has 0 saturated carbocycles. The predicted octanol–water partition coefficient (Wildman–Crippen LogP) is 3.81. The molecule has 1 N–H and O–H groups in total. The summed E-state index contributed by atoms with van der Waals surface area (Å²) in [4.78, 5) is 14.4. The highest BCUT2D eigenvalue weighted by Crippen LogP contribution is 2.31. The minimum absolute atomic E-state index is 0.260. The first-order chi connectivity index (χ1) is 12.3. The Morgan fingerprint density at radius 1 is 0.920 bits per heavy atom. The molecule has 0 unspecified atom stereocenters. The number of para-hydroxylation sites is 2. The van der Waals surface area contributed by atoms with E-state index in [2.05, 4.69) is 38.6 Å². The molecular weight excluding hydrogens is 312 g/mol. The molecule has 1 aliphatic rings. The molecule has 3 aromatic rings. The Morgan fingerprint density at radius 2 is 1.72 bits per heavy atom. The Labute approximate surface area is 146 Å². The normalized spacial score (nSPS) is 13.2. The number of aryl methyl sites for hydroxylation is 1. The molecule has 0 radical (unpaired) electrons. The van der Waals surface area contributed by atoms with Crippen LogP contribution in [0, 0.1) is 0 Å². The van der Waals surface area contributed by atoms with Gasteiger partial charge in [0.15, 0.2) is 11.5 Å². The number of rotatable bonds is 3. The maximum Gasteiger partial charge on any atom is 0.276 e. The summed E-state index contributed by atoms with van der Waals surface area (Å²) >= 11 is 0. The lowest BCUT2D eigenvalue weighted by Crippen LogP contribution is -2.26. The maximum absolute atomic E-state index is 12.3. The van der Waals surface area contributed by atoms with Crippen molar-refractivity contribution in [3.63, 3.8) is 0 Å². The summed E-state index contributed by atoms with van der Waals surface area (Å²) in [6.45, 7) is 0.904. The van der Waals surface area contributed by atoms with E-state index in [1.54, 1.807) is 6.07 Å². The van der Waals surface area contributed by atoms with Gasteiger partial charge in [-0.1, -0.05) is 36.4 Å². The minimum atomic E-state index is -0.260. The van der Waals surface area contributed by atoms with E-state index in [1.165, 1.54) is 11.3 Å². The van der Waals surface area contributed by atoms with Crippen molar-refractivity contribution in [2.45, 2.75) is 12.8 Å². The van der Waals surface area contributed by atoms with Gasteiger partial charge in [0.1, 0.15) is 0 Å². The van der Waals surface area contributed by atoms with E-state index in [0.29, 0.717) is 5.69 Å². The zero-order chi connectivity index (χ0) is 17.1. The van der Waals surface area contributed by atoms with Crippen LogP contribution in [0.4, 0.5) is 17.2 Å². The van der Waals surface area contributed by atoms with Crippen molar-refractivity contribution in [2.24, 2.45) is 0 Å². The van der Waals surface area contributed by atoms with Crippen molar-refractivity contribution >= 4 is 23.1 Å². The lowest BCUT2D eigenvalue weighted by molar-refractivity contribution is 0.102. The Bertz CT molecular complexity index is 878. The summed E-state index contributed by atoms with van der Waals surface area (Å²) in [6.07, 6.45) is 2.16. The SMILES string of the molecule is O=C(Nc1ccccc1)c1ccc(N2CCCc3ccccc32)nn1. The smallest absolute Gasteiger partial charge is 0.276 e. The van der Waals surface area contributed by atoms with Gasteiger partial charge >= 0.3 is 0 Å². The number of amides is 1. The summed E-state index contributed by atoms with van der Waals surface area (Å²) in [5, 5.41) is 11.2. The highest BCUT2D eigenvalue weighted by atomic mass is 16.1. The van der Waals surface area contributed by atoms with Crippen LogP contribution in [0.25, 0.3) is 0 Å². The van der Waals surface area contributed by atoms with Crippen molar-refractivity contribution < 1.29 is 4.79 Å². The van der Waals surface area contributed by atoms with Crippen molar-refractivity contribution in [2.75, 3.05) is 16.8 Å². The summed E-state index contributed by atoms with van der Waals surface area (Å²) < 4.78 is 0. The van der Waals surface area contributed by atoms with Crippen molar-refractivity contribution in [1.29, 1.82) is 0 Å². The third-order valence-corrected chi connectivity index (χ3v) is 4.30. The van der Waals surface area contributed by atoms with Gasteiger partial charge in [0, 0.05) is 17.9 Å². The van der Waals surface area contributed by atoms with E-state index in [-0.39, 0.29) is 5.91 Å². The number of hydrogen-bond acceptors (Lipinski definition) is 4. The lowest BCUT2D eigenvalue weighted by atomic mass is 10.0. The molecule has 5 nitrogen and oxygen atoms in total. The fourth-order valence-electron chi connectivity index (χ4n) is 3.08. The van der Waals surface area contributed by atoms with Crippen LogP contribution in [0.5, 0.6) is 0 Å². The summed E-state index contributed by atoms with van der Waals surface area (Å²) in [5.41, 5.74) is 3.53. The predicted molar refractivity (Wildman–Crippen MR) is 98.2 cm³/mol. The molecule has 124 valence electrons. The molecule has 5 heteroatoms. The molecule has 1 aromatic heterocycles. The van der Waals surface area contributed by atoms with Crippen LogP contribution in [0.3, 0.4) is 0 Å². The molecule has 1 amide bonds. The van der Waals surface area contributed by atoms with Gasteiger partial charge < -0.3 is 10.2 Å². The fourth-order valence-corrected chi connectivity index (χ4v) is 3.08. The van der Waals surface area contributed by atoms with Gasteiger partial charge in [0.25, 0.3) is 5.91 Å². The molecule has 2 heterocycles. The van der Waals surface area contributed by atoms with Crippen LogP contribution in [-0.4, -0.2) is 22.6 Å². The number of nitrogens with one attached hydrogen (secondary N) is 1. The largest absolute Gasteiger partial charge is 0.325 e. The third-order valence-electron chi connectivity index (χ3n) is 4.30. The molecule has 4 rings (SSSR count). The van der Waals surface area contributed by atoms with Crippen LogP contribution in [0.1, 0.15) is 22.5 Å². The molecular formula is C20H18N4O.